The van der Waals surface area contributed by atoms with E-state index in [0.29, 0.717) is 34.9 Å². The van der Waals surface area contributed by atoms with Gasteiger partial charge in [-0.25, -0.2) is 4.98 Å². The molecule has 0 unspecified atom stereocenters. The van der Waals surface area contributed by atoms with E-state index in [1.807, 2.05) is 13.0 Å². The summed E-state index contributed by atoms with van der Waals surface area (Å²) in [6.45, 7) is 2.75. The molecule has 0 amide bonds. The molecule has 0 aliphatic carbocycles. The predicted octanol–water partition coefficient (Wildman–Crippen LogP) is 3.80. The molecule has 0 atom stereocenters. The highest BCUT2D eigenvalue weighted by atomic mass is 79.9. The summed E-state index contributed by atoms with van der Waals surface area (Å²) in [4.78, 5) is 8.30. The van der Waals surface area contributed by atoms with E-state index < -0.39 is 0 Å². The monoisotopic (exact) mass is 357 g/mol. The van der Waals surface area contributed by atoms with E-state index in [1.54, 1.807) is 12.1 Å². The molecule has 0 saturated heterocycles. The van der Waals surface area contributed by atoms with Crippen molar-refractivity contribution in [1.29, 1.82) is 0 Å². The fourth-order valence-corrected chi connectivity index (χ4v) is 1.97. The summed E-state index contributed by atoms with van der Waals surface area (Å²) >= 11 is 9.42. The molecule has 20 heavy (non-hydrogen) atoms. The molecule has 2 rings (SSSR count). The van der Waals surface area contributed by atoms with Crippen LogP contribution >= 0.6 is 27.5 Å². The Balaban J connectivity index is 2.24. The summed E-state index contributed by atoms with van der Waals surface area (Å²) in [5.74, 6) is 1.59. The number of hydrogen-bond acceptors (Lipinski definition) is 5. The minimum absolute atomic E-state index is 0.282. The molecule has 0 aliphatic rings. The first-order valence-electron chi connectivity index (χ1n) is 5.92. The van der Waals surface area contributed by atoms with Gasteiger partial charge in [0.05, 0.1) is 5.02 Å². The van der Waals surface area contributed by atoms with E-state index in [-0.39, 0.29) is 6.61 Å². The van der Waals surface area contributed by atoms with E-state index in [4.69, 9.17) is 26.8 Å². The average Bonchev–Trinajstić information content (AvgIpc) is 2.40. The van der Waals surface area contributed by atoms with Crippen molar-refractivity contribution < 1.29 is 9.47 Å². The summed E-state index contributed by atoms with van der Waals surface area (Å²) in [6, 6.07) is 6.84. The van der Waals surface area contributed by atoms with Crippen LogP contribution in [0.5, 0.6) is 11.6 Å². The van der Waals surface area contributed by atoms with Crippen molar-refractivity contribution in [3.63, 3.8) is 0 Å². The van der Waals surface area contributed by atoms with Gasteiger partial charge in [-0.3, -0.25) is 0 Å². The van der Waals surface area contributed by atoms with E-state index >= 15 is 0 Å². The first-order chi connectivity index (χ1) is 9.58. The van der Waals surface area contributed by atoms with Crippen molar-refractivity contribution in [3.8, 4) is 11.6 Å². The fraction of sp³-hybridized carbons (Fsp3) is 0.231. The summed E-state index contributed by atoms with van der Waals surface area (Å²) in [7, 11) is 0. The molecule has 5 nitrogen and oxygen atoms in total. The third-order valence-electron chi connectivity index (χ3n) is 2.31. The Kier molecular flexibility index (Phi) is 5.17. The van der Waals surface area contributed by atoms with E-state index in [2.05, 4.69) is 25.9 Å². The lowest BCUT2D eigenvalue weighted by Crippen LogP contribution is -2.03. The van der Waals surface area contributed by atoms with Crippen molar-refractivity contribution in [2.75, 3.05) is 12.3 Å². The van der Waals surface area contributed by atoms with Crippen LogP contribution in [0.25, 0.3) is 0 Å². The number of nitrogen functional groups attached to an aromatic ring is 1. The number of nitrogens with two attached hydrogens (primary N) is 1. The Hall–Kier alpha value is -1.37. The van der Waals surface area contributed by atoms with Gasteiger partial charge in [-0.1, -0.05) is 27.5 Å². The highest BCUT2D eigenvalue weighted by Crippen LogP contribution is 2.31. The summed E-state index contributed by atoms with van der Waals surface area (Å²) in [5.41, 5.74) is 5.72. The standard InChI is InChI=1S/C13H13BrClN3O2/c1-2-19-7-12-17-11(16)6-13(18-12)20-10-5-8(14)3-4-9(10)15/h3-6H,2,7H2,1H3,(H2,16,17,18). The van der Waals surface area contributed by atoms with Gasteiger partial charge in [0.1, 0.15) is 18.2 Å². The lowest BCUT2D eigenvalue weighted by atomic mass is 10.3. The van der Waals surface area contributed by atoms with Crippen LogP contribution in [0.4, 0.5) is 5.82 Å². The zero-order valence-corrected chi connectivity index (χ0v) is 13.1. The predicted molar refractivity (Wildman–Crippen MR) is 81.0 cm³/mol. The Morgan fingerprint density at radius 1 is 1.30 bits per heavy atom. The molecule has 0 fully saturated rings. The largest absolute Gasteiger partial charge is 0.437 e. The third kappa shape index (κ3) is 4.06. The molecule has 1 aromatic heterocycles. The van der Waals surface area contributed by atoms with Crippen LogP contribution in [0.15, 0.2) is 28.7 Å². The van der Waals surface area contributed by atoms with Crippen molar-refractivity contribution >= 4 is 33.3 Å². The van der Waals surface area contributed by atoms with Crippen LogP contribution in [-0.2, 0) is 11.3 Å². The van der Waals surface area contributed by atoms with Crippen LogP contribution in [0.1, 0.15) is 12.7 Å². The lowest BCUT2D eigenvalue weighted by Gasteiger charge is -2.09. The number of anilines is 1. The smallest absolute Gasteiger partial charge is 0.224 e. The van der Waals surface area contributed by atoms with Gasteiger partial charge in [0.25, 0.3) is 0 Å². The van der Waals surface area contributed by atoms with Gasteiger partial charge in [-0.2, -0.15) is 4.98 Å². The molecule has 106 valence electrons. The van der Waals surface area contributed by atoms with Gasteiger partial charge in [-0.15, -0.1) is 0 Å². The van der Waals surface area contributed by atoms with Crippen LogP contribution in [0.2, 0.25) is 5.02 Å². The normalized spacial score (nSPS) is 10.6. The maximum Gasteiger partial charge on any atom is 0.224 e. The molecule has 0 spiro atoms. The Labute approximate surface area is 130 Å². The van der Waals surface area contributed by atoms with E-state index in [1.165, 1.54) is 6.07 Å². The molecule has 1 heterocycles. The van der Waals surface area contributed by atoms with Gasteiger partial charge in [0.2, 0.25) is 5.88 Å². The highest BCUT2D eigenvalue weighted by molar-refractivity contribution is 9.10. The van der Waals surface area contributed by atoms with Gasteiger partial charge in [-0.05, 0) is 25.1 Å². The maximum absolute atomic E-state index is 6.06. The Morgan fingerprint density at radius 2 is 2.10 bits per heavy atom. The van der Waals surface area contributed by atoms with Gasteiger partial charge in [0.15, 0.2) is 5.82 Å². The van der Waals surface area contributed by atoms with Crippen molar-refractivity contribution in [2.45, 2.75) is 13.5 Å². The molecule has 2 N–H and O–H groups in total. The third-order valence-corrected chi connectivity index (χ3v) is 3.12. The number of aromatic nitrogens is 2. The first kappa shape index (κ1) is 15.0. The average molecular weight is 359 g/mol. The molecule has 0 aliphatic heterocycles. The number of hydrogen-bond donors (Lipinski definition) is 1. The van der Waals surface area contributed by atoms with Gasteiger partial charge >= 0.3 is 0 Å². The quantitative estimate of drug-likeness (QED) is 0.880. The van der Waals surface area contributed by atoms with E-state index in [0.717, 1.165) is 4.47 Å². The first-order valence-corrected chi connectivity index (χ1v) is 7.09. The minimum Gasteiger partial charge on any atom is -0.437 e. The molecule has 0 radical (unpaired) electrons. The second-order valence-corrected chi connectivity index (χ2v) is 5.18. The number of benzene rings is 1. The number of rotatable bonds is 5. The highest BCUT2D eigenvalue weighted by Gasteiger charge is 2.08. The molecular formula is C13H13BrClN3O2. The molecule has 0 saturated carbocycles. The molecular weight excluding hydrogens is 346 g/mol. The number of ether oxygens (including phenoxy) is 2. The zero-order valence-electron chi connectivity index (χ0n) is 10.8. The lowest BCUT2D eigenvalue weighted by molar-refractivity contribution is 0.128. The summed E-state index contributed by atoms with van der Waals surface area (Å²) in [6.07, 6.45) is 0. The number of nitrogens with zero attached hydrogens (tertiary/aromatic N) is 2. The Bertz CT molecular complexity index is 610. The summed E-state index contributed by atoms with van der Waals surface area (Å²) in [5, 5.41) is 0.483. The zero-order chi connectivity index (χ0) is 14.5. The van der Waals surface area contributed by atoms with Gasteiger partial charge < -0.3 is 15.2 Å². The second-order valence-electron chi connectivity index (χ2n) is 3.86. The summed E-state index contributed by atoms with van der Waals surface area (Å²) < 4.78 is 11.8. The van der Waals surface area contributed by atoms with Crippen LogP contribution in [0.3, 0.4) is 0 Å². The minimum atomic E-state index is 0.282. The SMILES string of the molecule is CCOCc1nc(N)cc(Oc2cc(Br)ccc2Cl)n1. The van der Waals surface area contributed by atoms with Gasteiger partial charge in [0, 0.05) is 17.1 Å². The van der Waals surface area contributed by atoms with Crippen LogP contribution in [0, 0.1) is 0 Å². The second kappa shape index (κ2) is 6.88. The molecule has 0 bridgehead atoms. The molecule has 2 aromatic rings. The van der Waals surface area contributed by atoms with Crippen LogP contribution < -0.4 is 10.5 Å². The topological polar surface area (TPSA) is 70.3 Å². The molecule has 7 heteroatoms. The maximum atomic E-state index is 6.06. The molecule has 1 aromatic carbocycles. The van der Waals surface area contributed by atoms with Crippen LogP contribution in [-0.4, -0.2) is 16.6 Å². The van der Waals surface area contributed by atoms with Crippen molar-refractivity contribution in [3.05, 3.63) is 39.6 Å². The number of halogens is 2. The fourth-order valence-electron chi connectivity index (χ4n) is 1.47. The van der Waals surface area contributed by atoms with Crippen molar-refractivity contribution in [2.24, 2.45) is 0 Å². The van der Waals surface area contributed by atoms with E-state index in [9.17, 15) is 0 Å². The Morgan fingerprint density at radius 3 is 2.85 bits per heavy atom. The van der Waals surface area contributed by atoms with Crippen molar-refractivity contribution in [1.82, 2.24) is 9.97 Å².